The zero-order valence-corrected chi connectivity index (χ0v) is 15.4. The van der Waals surface area contributed by atoms with Gasteiger partial charge in [0.05, 0.1) is 20.6 Å². The summed E-state index contributed by atoms with van der Waals surface area (Å²) in [6.07, 6.45) is 2.50. The summed E-state index contributed by atoms with van der Waals surface area (Å²) in [6.45, 7) is 0.329. The minimum absolute atomic E-state index is 0.176. The van der Waals surface area contributed by atoms with Crippen LogP contribution in [-0.4, -0.2) is 19.4 Å². The summed E-state index contributed by atoms with van der Waals surface area (Å²) in [7, 11) is -3.67. The second-order valence-electron chi connectivity index (χ2n) is 5.18. The van der Waals surface area contributed by atoms with Crippen molar-refractivity contribution in [2.45, 2.75) is 11.3 Å². The number of nitrogens with one attached hydrogen (secondary N) is 1. The van der Waals surface area contributed by atoms with Gasteiger partial charge in [-0.1, -0.05) is 46.9 Å². The van der Waals surface area contributed by atoms with Crippen LogP contribution < -0.4 is 5.43 Å². The average Bonchev–Trinajstić information content (AvgIpc) is 2.58. The van der Waals surface area contributed by atoms with Gasteiger partial charge in [-0.25, -0.2) is 8.42 Å². The third-order valence-electron chi connectivity index (χ3n) is 3.56. The van der Waals surface area contributed by atoms with Gasteiger partial charge in [0.25, 0.3) is 10.0 Å². The van der Waals surface area contributed by atoms with Gasteiger partial charge in [-0.3, -0.25) is 0 Å². The monoisotopic (exact) mass is 402 g/mol. The number of hydrogen-bond donors (Lipinski definition) is 1. The molecule has 0 atom stereocenters. The van der Waals surface area contributed by atoms with E-state index in [4.69, 9.17) is 34.8 Å². The zero-order valence-electron chi connectivity index (χ0n) is 12.3. The summed E-state index contributed by atoms with van der Waals surface area (Å²) < 4.78 is 26.7. The van der Waals surface area contributed by atoms with E-state index in [0.29, 0.717) is 33.7 Å². The van der Waals surface area contributed by atoms with Crippen LogP contribution in [-0.2, 0) is 10.0 Å². The second-order valence-corrected chi connectivity index (χ2v) is 8.29. The first kappa shape index (κ1) is 17.6. The van der Waals surface area contributed by atoms with E-state index in [9.17, 15) is 8.42 Å². The molecule has 0 aromatic heterocycles. The molecule has 4 nitrogen and oxygen atoms in total. The van der Waals surface area contributed by atoms with Gasteiger partial charge < -0.3 is 5.43 Å². The van der Waals surface area contributed by atoms with Gasteiger partial charge in [0.15, 0.2) is 0 Å². The van der Waals surface area contributed by atoms with Crippen LogP contribution >= 0.6 is 34.8 Å². The number of rotatable bonds is 3. The lowest BCUT2D eigenvalue weighted by Gasteiger charge is -2.28. The zero-order chi connectivity index (χ0) is 17.3. The highest BCUT2D eigenvalue weighted by molar-refractivity contribution is 7.89. The summed E-state index contributed by atoms with van der Waals surface area (Å²) in [5, 5.41) is 1.34. The van der Waals surface area contributed by atoms with Crippen LogP contribution in [0.5, 0.6) is 0 Å². The van der Waals surface area contributed by atoms with Crippen LogP contribution in [0.25, 0.3) is 5.70 Å². The number of benzene rings is 2. The molecule has 126 valence electrons. The van der Waals surface area contributed by atoms with Crippen molar-refractivity contribution in [3.63, 3.8) is 0 Å². The van der Waals surface area contributed by atoms with Crippen molar-refractivity contribution >= 4 is 50.5 Å². The highest BCUT2D eigenvalue weighted by atomic mass is 35.5. The highest BCUT2D eigenvalue weighted by Gasteiger charge is 2.27. The molecule has 8 heteroatoms. The quantitative estimate of drug-likeness (QED) is 0.815. The maximum atomic E-state index is 12.7. The smallest absolute Gasteiger partial charge is 0.259 e. The van der Waals surface area contributed by atoms with Gasteiger partial charge >= 0.3 is 0 Å². The molecule has 24 heavy (non-hydrogen) atoms. The predicted octanol–water partition coefficient (Wildman–Crippen LogP) is 4.59. The lowest BCUT2D eigenvalue weighted by molar-refractivity contribution is 0.363. The van der Waals surface area contributed by atoms with Crippen molar-refractivity contribution in [2.75, 3.05) is 6.54 Å². The second kappa shape index (κ2) is 6.94. The minimum Gasteiger partial charge on any atom is -0.305 e. The molecule has 1 heterocycles. The lowest BCUT2D eigenvalue weighted by atomic mass is 10.1. The maximum absolute atomic E-state index is 12.7. The Balaban J connectivity index is 1.88. The Kier molecular flexibility index (Phi) is 5.08. The molecule has 0 spiro atoms. The van der Waals surface area contributed by atoms with Gasteiger partial charge in [0.1, 0.15) is 0 Å². The Morgan fingerprint density at radius 2 is 1.67 bits per heavy atom. The normalized spacial score (nSPS) is 15.7. The molecular weight excluding hydrogens is 391 g/mol. The van der Waals surface area contributed by atoms with E-state index in [1.165, 1.54) is 16.5 Å². The van der Waals surface area contributed by atoms with Crippen molar-refractivity contribution in [3.8, 4) is 0 Å². The number of hydrogen-bond acceptors (Lipinski definition) is 3. The average molecular weight is 404 g/mol. The summed E-state index contributed by atoms with van der Waals surface area (Å²) in [6, 6.07) is 11.2. The topological polar surface area (TPSA) is 49.4 Å². The van der Waals surface area contributed by atoms with Crippen LogP contribution in [0.1, 0.15) is 12.0 Å². The predicted molar refractivity (Wildman–Crippen MR) is 97.5 cm³/mol. The van der Waals surface area contributed by atoms with Gasteiger partial charge in [-0.2, -0.15) is 0 Å². The number of nitrogens with zero attached hydrogens (tertiary/aromatic N) is 1. The third-order valence-corrected chi connectivity index (χ3v) is 6.27. The van der Waals surface area contributed by atoms with E-state index in [1.54, 1.807) is 30.3 Å². The van der Waals surface area contributed by atoms with E-state index in [-0.39, 0.29) is 4.90 Å². The Morgan fingerprint density at radius 1 is 0.958 bits per heavy atom. The molecule has 0 unspecified atom stereocenters. The van der Waals surface area contributed by atoms with Crippen LogP contribution in [0.2, 0.25) is 15.1 Å². The van der Waals surface area contributed by atoms with E-state index in [0.717, 1.165) is 5.56 Å². The van der Waals surface area contributed by atoms with Gasteiger partial charge in [-0.15, -0.1) is 4.41 Å². The Hall–Kier alpha value is -1.24. The van der Waals surface area contributed by atoms with Crippen LogP contribution in [0.15, 0.2) is 53.4 Å². The molecule has 0 amide bonds. The number of sulfonamides is 1. The van der Waals surface area contributed by atoms with E-state index in [1.807, 2.05) is 6.08 Å². The first-order valence-corrected chi connectivity index (χ1v) is 9.66. The fraction of sp³-hybridized carbons (Fsp3) is 0.125. The first-order chi connectivity index (χ1) is 11.4. The molecule has 0 radical (unpaired) electrons. The molecule has 2 aromatic rings. The van der Waals surface area contributed by atoms with Crippen molar-refractivity contribution < 1.29 is 8.42 Å². The molecule has 3 rings (SSSR count). The summed E-state index contributed by atoms with van der Waals surface area (Å²) >= 11 is 17.8. The third kappa shape index (κ3) is 3.55. The summed E-state index contributed by atoms with van der Waals surface area (Å²) in [5.74, 6) is 0. The molecule has 0 saturated heterocycles. The van der Waals surface area contributed by atoms with E-state index >= 15 is 0 Å². The molecule has 2 aromatic carbocycles. The van der Waals surface area contributed by atoms with Gasteiger partial charge in [0, 0.05) is 17.1 Å². The lowest BCUT2D eigenvalue weighted by Crippen LogP contribution is -2.44. The van der Waals surface area contributed by atoms with Crippen molar-refractivity contribution in [2.24, 2.45) is 0 Å². The van der Waals surface area contributed by atoms with E-state index in [2.05, 4.69) is 5.43 Å². The first-order valence-electron chi connectivity index (χ1n) is 7.08. The van der Waals surface area contributed by atoms with Crippen molar-refractivity contribution in [1.82, 2.24) is 9.84 Å². The van der Waals surface area contributed by atoms with E-state index < -0.39 is 10.0 Å². The molecule has 1 N–H and O–H groups in total. The van der Waals surface area contributed by atoms with Gasteiger partial charge in [0.2, 0.25) is 0 Å². The van der Waals surface area contributed by atoms with Crippen LogP contribution in [0.3, 0.4) is 0 Å². The van der Waals surface area contributed by atoms with Crippen molar-refractivity contribution in [1.29, 1.82) is 0 Å². The molecule has 0 bridgehead atoms. The van der Waals surface area contributed by atoms with Crippen LogP contribution in [0.4, 0.5) is 0 Å². The van der Waals surface area contributed by atoms with Gasteiger partial charge in [-0.05, 0) is 42.8 Å². The molecule has 1 aliphatic rings. The standard InChI is InChI=1S/C16H13Cl3N2O2S/c17-12-4-6-13(7-5-12)24(22,23)21-9-1-2-16(20-21)11-3-8-14(18)15(19)10-11/h2-8,10,20H,1,9H2. The Labute approximate surface area is 155 Å². The highest BCUT2D eigenvalue weighted by Crippen LogP contribution is 2.28. The Morgan fingerprint density at radius 3 is 2.33 bits per heavy atom. The van der Waals surface area contributed by atoms with Crippen LogP contribution in [0, 0.1) is 0 Å². The van der Waals surface area contributed by atoms with Crippen molar-refractivity contribution in [3.05, 3.63) is 69.2 Å². The molecule has 0 fully saturated rings. The molecule has 1 aliphatic heterocycles. The molecule has 0 aliphatic carbocycles. The summed E-state index contributed by atoms with van der Waals surface area (Å²) in [5.41, 5.74) is 4.37. The summed E-state index contributed by atoms with van der Waals surface area (Å²) in [4.78, 5) is 0.176. The Bertz CT molecular complexity index is 896. The number of hydrazine groups is 1. The molecule has 0 saturated carbocycles. The minimum atomic E-state index is -3.67. The fourth-order valence-corrected chi connectivity index (χ4v) is 4.05. The fourth-order valence-electron chi connectivity index (χ4n) is 2.32. The molecular formula is C16H13Cl3N2O2S. The SMILES string of the molecule is O=S(=O)(c1ccc(Cl)cc1)N1CCC=C(c2ccc(Cl)c(Cl)c2)N1. The maximum Gasteiger partial charge on any atom is 0.259 e. The largest absolute Gasteiger partial charge is 0.305 e. The number of halogens is 3.